The summed E-state index contributed by atoms with van der Waals surface area (Å²) in [5.41, 5.74) is 6.83. The van der Waals surface area contributed by atoms with Gasteiger partial charge in [0.25, 0.3) is 0 Å². The van der Waals surface area contributed by atoms with Crippen molar-refractivity contribution < 1.29 is 4.79 Å². The number of nitrogen functional groups attached to an aromatic ring is 1. The Balaban J connectivity index is 2.89. The third kappa shape index (κ3) is 3.22. The van der Waals surface area contributed by atoms with Crippen LogP contribution in [0.5, 0.6) is 0 Å². The van der Waals surface area contributed by atoms with Crippen LogP contribution in [-0.2, 0) is 4.79 Å². The van der Waals surface area contributed by atoms with Crippen molar-refractivity contribution in [1.29, 1.82) is 5.26 Å². The van der Waals surface area contributed by atoms with Gasteiger partial charge in [-0.3, -0.25) is 4.79 Å². The van der Waals surface area contributed by atoms with E-state index in [0.717, 1.165) is 0 Å². The van der Waals surface area contributed by atoms with Crippen LogP contribution in [0.3, 0.4) is 0 Å². The first-order valence-electron chi connectivity index (χ1n) is 3.96. The van der Waals surface area contributed by atoms with Gasteiger partial charge in [-0.1, -0.05) is 0 Å². The number of anilines is 2. The number of nitrogens with two attached hydrogens (primary N) is 1. The zero-order valence-electron chi connectivity index (χ0n) is 7.55. The minimum Gasteiger partial charge on any atom is -0.397 e. The zero-order valence-corrected chi connectivity index (χ0v) is 10.7. The van der Waals surface area contributed by atoms with Crippen LogP contribution in [0.1, 0.15) is 6.42 Å². The number of nitriles is 1. The summed E-state index contributed by atoms with van der Waals surface area (Å²) in [7, 11) is 0. The molecule has 0 aliphatic carbocycles. The Morgan fingerprint density at radius 2 is 2.00 bits per heavy atom. The average Bonchev–Trinajstić information content (AvgIpc) is 2.14. The molecule has 1 rings (SSSR count). The molecular weight excluding hydrogens is 326 g/mol. The van der Waals surface area contributed by atoms with Crippen molar-refractivity contribution in [3.63, 3.8) is 0 Å². The molecule has 78 valence electrons. The molecule has 1 aromatic carbocycles. The van der Waals surface area contributed by atoms with Crippen LogP contribution >= 0.6 is 31.9 Å². The summed E-state index contributed by atoms with van der Waals surface area (Å²) in [6.45, 7) is 0. The molecule has 4 nitrogen and oxygen atoms in total. The second-order valence-electron chi connectivity index (χ2n) is 2.74. The molecule has 0 spiro atoms. The molecule has 15 heavy (non-hydrogen) atoms. The Labute approximate surface area is 104 Å². The maximum absolute atomic E-state index is 11.1. The van der Waals surface area contributed by atoms with E-state index < -0.39 is 0 Å². The molecule has 0 aliphatic heterocycles. The Hall–Kier alpha value is -1.06. The number of carbonyl (C=O) groups excluding carboxylic acids is 1. The molecule has 0 radical (unpaired) electrons. The highest BCUT2D eigenvalue weighted by Gasteiger charge is 2.06. The minimum absolute atomic E-state index is 0.167. The number of nitrogens with one attached hydrogen (secondary N) is 1. The number of amides is 1. The molecule has 1 aromatic rings. The summed E-state index contributed by atoms with van der Waals surface area (Å²) in [4.78, 5) is 11.1. The Bertz CT molecular complexity index is 416. The largest absolute Gasteiger partial charge is 0.397 e. The molecule has 0 aromatic heterocycles. The van der Waals surface area contributed by atoms with Gasteiger partial charge in [0.2, 0.25) is 5.91 Å². The van der Waals surface area contributed by atoms with Crippen LogP contribution in [-0.4, -0.2) is 5.91 Å². The molecule has 0 bridgehead atoms. The highest BCUT2D eigenvalue weighted by molar-refractivity contribution is 9.11. The van der Waals surface area contributed by atoms with Crippen LogP contribution < -0.4 is 11.1 Å². The van der Waals surface area contributed by atoms with Gasteiger partial charge in [0.05, 0.1) is 11.8 Å². The van der Waals surface area contributed by atoms with Crippen LogP contribution in [0, 0.1) is 11.3 Å². The summed E-state index contributed by atoms with van der Waals surface area (Å²) < 4.78 is 1.37. The summed E-state index contributed by atoms with van der Waals surface area (Å²) in [5, 5.41) is 10.9. The minimum atomic E-state index is -0.346. The average molecular weight is 333 g/mol. The van der Waals surface area contributed by atoms with E-state index in [1.807, 2.05) is 0 Å². The number of nitrogens with zero attached hydrogens (tertiary/aromatic N) is 1. The fourth-order valence-corrected chi connectivity index (χ4v) is 2.12. The van der Waals surface area contributed by atoms with Gasteiger partial charge in [-0.05, 0) is 44.0 Å². The van der Waals surface area contributed by atoms with Gasteiger partial charge < -0.3 is 11.1 Å². The van der Waals surface area contributed by atoms with E-state index in [0.29, 0.717) is 20.3 Å². The van der Waals surface area contributed by atoms with E-state index in [9.17, 15) is 4.79 Å². The van der Waals surface area contributed by atoms with Crippen molar-refractivity contribution in [3.05, 3.63) is 21.1 Å². The summed E-state index contributed by atoms with van der Waals surface area (Å²) in [6.07, 6.45) is -0.167. The van der Waals surface area contributed by atoms with E-state index in [4.69, 9.17) is 11.0 Å². The van der Waals surface area contributed by atoms with Crippen LogP contribution in [0.2, 0.25) is 0 Å². The number of hydrogen-bond acceptors (Lipinski definition) is 3. The van der Waals surface area contributed by atoms with Crippen molar-refractivity contribution in [2.75, 3.05) is 11.1 Å². The second-order valence-corrected chi connectivity index (χ2v) is 4.45. The Morgan fingerprint density at radius 3 is 2.47 bits per heavy atom. The van der Waals surface area contributed by atoms with Gasteiger partial charge in [-0.2, -0.15) is 5.26 Å². The van der Waals surface area contributed by atoms with Crippen molar-refractivity contribution >= 4 is 49.1 Å². The van der Waals surface area contributed by atoms with Crippen LogP contribution in [0.4, 0.5) is 11.4 Å². The standard InChI is InChI=1S/C9H7Br2N3O/c10-6-3-5(4-7(11)9(6)13)14-8(15)1-2-12/h3-4H,1,13H2,(H,14,15). The molecule has 0 heterocycles. The number of rotatable bonds is 2. The van der Waals surface area contributed by atoms with Crippen LogP contribution in [0.15, 0.2) is 21.1 Å². The molecule has 0 saturated heterocycles. The van der Waals surface area contributed by atoms with Crippen LogP contribution in [0.25, 0.3) is 0 Å². The zero-order chi connectivity index (χ0) is 11.4. The maximum Gasteiger partial charge on any atom is 0.238 e. The molecule has 3 N–H and O–H groups in total. The van der Waals surface area contributed by atoms with Gasteiger partial charge in [-0.25, -0.2) is 0 Å². The van der Waals surface area contributed by atoms with Crippen molar-refractivity contribution in [2.45, 2.75) is 6.42 Å². The number of carbonyl (C=O) groups is 1. The summed E-state index contributed by atoms with van der Waals surface area (Å²) >= 11 is 6.51. The Kier molecular flexibility index (Phi) is 4.12. The molecule has 0 saturated carbocycles. The first-order chi connectivity index (χ1) is 7.04. The quantitative estimate of drug-likeness (QED) is 0.817. The topological polar surface area (TPSA) is 78.9 Å². The lowest BCUT2D eigenvalue weighted by Crippen LogP contribution is -2.10. The predicted molar refractivity (Wildman–Crippen MR) is 65.1 cm³/mol. The predicted octanol–water partition coefficient (Wildman–Crippen LogP) is 2.65. The van der Waals surface area contributed by atoms with Crippen molar-refractivity contribution in [2.24, 2.45) is 0 Å². The molecule has 0 unspecified atom stereocenters. The molecular formula is C9H7Br2N3O. The first kappa shape index (κ1) is 12.0. The molecule has 0 atom stereocenters. The summed E-state index contributed by atoms with van der Waals surface area (Å²) in [6, 6.07) is 5.12. The fraction of sp³-hybridized carbons (Fsp3) is 0.111. The lowest BCUT2D eigenvalue weighted by Gasteiger charge is -2.07. The fourth-order valence-electron chi connectivity index (χ4n) is 0.933. The number of halogens is 2. The van der Waals surface area contributed by atoms with Crippen molar-refractivity contribution in [3.8, 4) is 6.07 Å². The molecule has 6 heteroatoms. The third-order valence-corrected chi connectivity index (χ3v) is 2.91. The van der Waals surface area contributed by atoms with E-state index in [-0.39, 0.29) is 12.3 Å². The summed E-state index contributed by atoms with van der Waals surface area (Å²) in [5.74, 6) is -0.346. The normalized spacial score (nSPS) is 9.40. The smallest absolute Gasteiger partial charge is 0.238 e. The molecule has 1 amide bonds. The van der Waals surface area contributed by atoms with Gasteiger partial charge in [-0.15, -0.1) is 0 Å². The lowest BCUT2D eigenvalue weighted by atomic mass is 10.3. The van der Waals surface area contributed by atoms with E-state index in [1.165, 1.54) is 0 Å². The number of hydrogen-bond donors (Lipinski definition) is 2. The highest BCUT2D eigenvalue weighted by atomic mass is 79.9. The third-order valence-electron chi connectivity index (χ3n) is 1.60. The maximum atomic E-state index is 11.1. The van der Waals surface area contributed by atoms with E-state index in [1.54, 1.807) is 18.2 Å². The van der Waals surface area contributed by atoms with Gasteiger partial charge >= 0.3 is 0 Å². The monoisotopic (exact) mass is 331 g/mol. The Morgan fingerprint density at radius 1 is 1.47 bits per heavy atom. The highest BCUT2D eigenvalue weighted by Crippen LogP contribution is 2.31. The van der Waals surface area contributed by atoms with Gasteiger partial charge in [0.1, 0.15) is 6.42 Å². The van der Waals surface area contributed by atoms with Gasteiger partial charge in [0.15, 0.2) is 0 Å². The lowest BCUT2D eigenvalue weighted by molar-refractivity contribution is -0.115. The van der Waals surface area contributed by atoms with E-state index in [2.05, 4.69) is 37.2 Å². The first-order valence-corrected chi connectivity index (χ1v) is 5.54. The molecule has 0 fully saturated rings. The van der Waals surface area contributed by atoms with Gasteiger partial charge in [0, 0.05) is 14.6 Å². The SMILES string of the molecule is N#CCC(=O)Nc1cc(Br)c(N)c(Br)c1. The van der Waals surface area contributed by atoms with Crippen molar-refractivity contribution in [1.82, 2.24) is 0 Å². The molecule has 0 aliphatic rings. The van der Waals surface area contributed by atoms with E-state index >= 15 is 0 Å². The second kappa shape index (κ2) is 5.14. The number of benzene rings is 1.